The summed E-state index contributed by atoms with van der Waals surface area (Å²) in [6.45, 7) is 2.61. The monoisotopic (exact) mass is 418 g/mol. The molecule has 0 atom stereocenters. The minimum atomic E-state index is 0.552. The van der Waals surface area contributed by atoms with Crippen LogP contribution in [-0.2, 0) is 6.61 Å². The number of fused-ring (bicyclic) bond motifs is 1. The molecule has 1 aromatic heterocycles. The van der Waals surface area contributed by atoms with Crippen molar-refractivity contribution in [3.8, 4) is 17.2 Å². The molecule has 0 unspecified atom stereocenters. The molecule has 4 heteroatoms. The van der Waals surface area contributed by atoms with E-state index in [1.54, 1.807) is 0 Å². The van der Waals surface area contributed by atoms with E-state index in [4.69, 9.17) is 9.15 Å². The number of ether oxygens (including phenoxy) is 1. The number of hydrogen-bond acceptors (Lipinski definition) is 4. The van der Waals surface area contributed by atoms with Gasteiger partial charge in [0.1, 0.15) is 17.9 Å². The summed E-state index contributed by atoms with van der Waals surface area (Å²) in [6, 6.07) is 31.9. The second-order valence-corrected chi connectivity index (χ2v) is 7.64. The van der Waals surface area contributed by atoms with Gasteiger partial charge >= 0.3 is 0 Å². The second-order valence-electron chi connectivity index (χ2n) is 7.64. The Balaban J connectivity index is 1.28. The van der Waals surface area contributed by atoms with Crippen LogP contribution in [0.1, 0.15) is 16.7 Å². The van der Waals surface area contributed by atoms with Gasteiger partial charge in [-0.05, 0) is 72.6 Å². The van der Waals surface area contributed by atoms with Gasteiger partial charge < -0.3 is 9.15 Å². The first kappa shape index (κ1) is 19.8. The smallest absolute Gasteiger partial charge is 0.227 e. The van der Waals surface area contributed by atoms with E-state index in [0.717, 1.165) is 39.2 Å². The van der Waals surface area contributed by atoms with Crippen molar-refractivity contribution in [3.05, 3.63) is 114 Å². The summed E-state index contributed by atoms with van der Waals surface area (Å²) in [7, 11) is 0. The van der Waals surface area contributed by atoms with Gasteiger partial charge in [0.2, 0.25) is 5.89 Å². The zero-order valence-electron chi connectivity index (χ0n) is 17.7. The zero-order chi connectivity index (χ0) is 21.8. The second kappa shape index (κ2) is 8.90. The van der Waals surface area contributed by atoms with Gasteiger partial charge in [0.05, 0.1) is 5.69 Å². The van der Waals surface area contributed by atoms with Crippen molar-refractivity contribution in [3.63, 3.8) is 0 Å². The molecule has 4 aromatic carbocycles. The van der Waals surface area contributed by atoms with Crippen LogP contribution in [0, 0.1) is 6.92 Å². The first-order valence-corrected chi connectivity index (χ1v) is 10.5. The predicted molar refractivity (Wildman–Crippen MR) is 129 cm³/mol. The molecule has 5 rings (SSSR count). The molecule has 1 heterocycles. The SMILES string of the molecule is Cc1cccc(-c2nc3cc(N=Cc4ccc(OCc5ccccc5)cc4)ccc3o2)c1. The average Bonchev–Trinajstić information content (AvgIpc) is 3.26. The van der Waals surface area contributed by atoms with Gasteiger partial charge in [0.25, 0.3) is 0 Å². The van der Waals surface area contributed by atoms with E-state index in [-0.39, 0.29) is 0 Å². The highest BCUT2D eigenvalue weighted by Gasteiger charge is 2.08. The number of hydrogen-bond donors (Lipinski definition) is 0. The number of aryl methyl sites for hydroxylation is 1. The molecule has 0 fully saturated rings. The lowest BCUT2D eigenvalue weighted by Crippen LogP contribution is -1.94. The first-order valence-electron chi connectivity index (χ1n) is 10.5. The van der Waals surface area contributed by atoms with E-state index in [9.17, 15) is 0 Å². The lowest BCUT2D eigenvalue weighted by Gasteiger charge is -2.06. The molecule has 0 saturated heterocycles. The van der Waals surface area contributed by atoms with Crippen molar-refractivity contribution < 1.29 is 9.15 Å². The highest BCUT2D eigenvalue weighted by atomic mass is 16.5. The molecule has 0 N–H and O–H groups in total. The first-order chi connectivity index (χ1) is 15.7. The van der Waals surface area contributed by atoms with E-state index in [1.807, 2.05) is 79.0 Å². The molecule has 0 amide bonds. The Labute approximate surface area is 186 Å². The van der Waals surface area contributed by atoms with Crippen LogP contribution in [0.3, 0.4) is 0 Å². The number of oxazole rings is 1. The normalized spacial score (nSPS) is 11.3. The summed E-state index contributed by atoms with van der Waals surface area (Å²) in [5, 5.41) is 0. The fourth-order valence-corrected chi connectivity index (χ4v) is 3.44. The summed E-state index contributed by atoms with van der Waals surface area (Å²) < 4.78 is 11.8. The van der Waals surface area contributed by atoms with Gasteiger partial charge in [-0.2, -0.15) is 0 Å². The number of benzene rings is 4. The van der Waals surface area contributed by atoms with Crippen LogP contribution in [0.2, 0.25) is 0 Å². The summed E-state index contributed by atoms with van der Waals surface area (Å²) in [5.74, 6) is 1.45. The summed E-state index contributed by atoms with van der Waals surface area (Å²) in [4.78, 5) is 9.24. The minimum Gasteiger partial charge on any atom is -0.489 e. The maximum Gasteiger partial charge on any atom is 0.227 e. The molecular formula is C28H22N2O2. The Bertz CT molecular complexity index is 1370. The van der Waals surface area contributed by atoms with Crippen LogP contribution in [-0.4, -0.2) is 11.2 Å². The Kier molecular flexibility index (Phi) is 5.50. The molecule has 0 radical (unpaired) electrons. The molecule has 0 bridgehead atoms. The zero-order valence-corrected chi connectivity index (χ0v) is 17.7. The Morgan fingerprint density at radius 1 is 0.875 bits per heavy atom. The van der Waals surface area contributed by atoms with E-state index in [2.05, 4.69) is 41.2 Å². The van der Waals surface area contributed by atoms with Crippen LogP contribution >= 0.6 is 0 Å². The van der Waals surface area contributed by atoms with Crippen molar-refractivity contribution >= 4 is 23.0 Å². The molecular weight excluding hydrogens is 396 g/mol. The molecule has 0 saturated carbocycles. The largest absolute Gasteiger partial charge is 0.489 e. The van der Waals surface area contributed by atoms with Crippen LogP contribution < -0.4 is 4.74 Å². The fourth-order valence-electron chi connectivity index (χ4n) is 3.44. The van der Waals surface area contributed by atoms with E-state index < -0.39 is 0 Å². The predicted octanol–water partition coefficient (Wildman–Crippen LogP) is 7.13. The van der Waals surface area contributed by atoms with Gasteiger partial charge in [-0.3, -0.25) is 4.99 Å². The van der Waals surface area contributed by atoms with Crippen molar-refractivity contribution in [2.24, 2.45) is 4.99 Å². The Morgan fingerprint density at radius 2 is 1.72 bits per heavy atom. The molecule has 4 nitrogen and oxygen atoms in total. The number of nitrogens with zero attached hydrogens (tertiary/aromatic N) is 2. The third kappa shape index (κ3) is 4.60. The lowest BCUT2D eigenvalue weighted by molar-refractivity contribution is 0.306. The summed E-state index contributed by atoms with van der Waals surface area (Å²) >= 11 is 0. The van der Waals surface area contributed by atoms with Gasteiger partial charge in [0, 0.05) is 11.8 Å². The maximum atomic E-state index is 5.92. The highest BCUT2D eigenvalue weighted by Crippen LogP contribution is 2.27. The molecule has 32 heavy (non-hydrogen) atoms. The standard InChI is InChI=1S/C28H22N2O2/c1-20-6-5-9-23(16-20)28-30-26-17-24(12-15-27(26)32-28)29-18-21-10-13-25(14-11-21)31-19-22-7-3-2-4-8-22/h2-18H,19H2,1H3. The van der Waals surface area contributed by atoms with Crippen LogP contribution in [0.5, 0.6) is 5.75 Å². The van der Waals surface area contributed by atoms with Crippen LogP contribution in [0.25, 0.3) is 22.6 Å². The number of rotatable bonds is 6. The van der Waals surface area contributed by atoms with Gasteiger partial charge in [-0.1, -0.05) is 48.0 Å². The Morgan fingerprint density at radius 3 is 2.53 bits per heavy atom. The third-order valence-corrected chi connectivity index (χ3v) is 5.13. The quantitative estimate of drug-likeness (QED) is 0.276. The van der Waals surface area contributed by atoms with E-state index in [1.165, 1.54) is 5.56 Å². The molecule has 0 spiro atoms. The van der Waals surface area contributed by atoms with Gasteiger partial charge in [-0.15, -0.1) is 0 Å². The van der Waals surface area contributed by atoms with Gasteiger partial charge in [0.15, 0.2) is 5.58 Å². The molecule has 0 aliphatic carbocycles. The molecule has 156 valence electrons. The topological polar surface area (TPSA) is 47.6 Å². The Hall–Kier alpha value is -4.18. The third-order valence-electron chi connectivity index (χ3n) is 5.13. The molecule has 0 aliphatic heterocycles. The van der Waals surface area contributed by atoms with Crippen LogP contribution in [0.15, 0.2) is 106 Å². The fraction of sp³-hybridized carbons (Fsp3) is 0.0714. The van der Waals surface area contributed by atoms with Crippen molar-refractivity contribution in [1.29, 1.82) is 0 Å². The molecule has 0 aliphatic rings. The lowest BCUT2D eigenvalue weighted by atomic mass is 10.1. The number of aromatic nitrogens is 1. The van der Waals surface area contributed by atoms with Gasteiger partial charge in [-0.25, -0.2) is 4.98 Å². The van der Waals surface area contributed by atoms with E-state index >= 15 is 0 Å². The van der Waals surface area contributed by atoms with Crippen molar-refractivity contribution in [1.82, 2.24) is 4.98 Å². The summed E-state index contributed by atoms with van der Waals surface area (Å²) in [5.41, 5.74) is 6.66. The van der Waals surface area contributed by atoms with Crippen LogP contribution in [0.4, 0.5) is 5.69 Å². The summed E-state index contributed by atoms with van der Waals surface area (Å²) in [6.07, 6.45) is 1.84. The van der Waals surface area contributed by atoms with E-state index in [0.29, 0.717) is 12.5 Å². The maximum absolute atomic E-state index is 5.92. The van der Waals surface area contributed by atoms with Crippen molar-refractivity contribution in [2.75, 3.05) is 0 Å². The average molecular weight is 418 g/mol. The number of aliphatic imine (C=N–C) groups is 1. The highest BCUT2D eigenvalue weighted by molar-refractivity contribution is 5.85. The minimum absolute atomic E-state index is 0.552. The van der Waals surface area contributed by atoms with Crippen molar-refractivity contribution in [2.45, 2.75) is 13.5 Å². The molecule has 5 aromatic rings.